The summed E-state index contributed by atoms with van der Waals surface area (Å²) in [7, 11) is 0. The number of pyridine rings is 1. The predicted molar refractivity (Wildman–Crippen MR) is 99.8 cm³/mol. The summed E-state index contributed by atoms with van der Waals surface area (Å²) < 4.78 is 41.6. The third-order valence-electron chi connectivity index (χ3n) is 4.67. The van der Waals surface area contributed by atoms with Crippen LogP contribution in [0.5, 0.6) is 0 Å². The molecule has 28 heavy (non-hydrogen) atoms. The van der Waals surface area contributed by atoms with Gasteiger partial charge in [0.1, 0.15) is 0 Å². The molecule has 0 radical (unpaired) electrons. The lowest BCUT2D eigenvalue weighted by Gasteiger charge is -2.15. The molecule has 0 N–H and O–H groups in total. The topological polar surface area (TPSA) is 56.9 Å². The quantitative estimate of drug-likeness (QED) is 0.528. The van der Waals surface area contributed by atoms with Gasteiger partial charge in [0.05, 0.1) is 28.4 Å². The van der Waals surface area contributed by atoms with Crippen LogP contribution < -0.4 is 11.2 Å². The molecule has 0 aliphatic rings. The first kappa shape index (κ1) is 18.0. The molecular formula is C20H14F3N3O2. The smallest absolute Gasteiger partial charge is 0.293 e. The average molecular weight is 385 g/mol. The molecule has 142 valence electrons. The van der Waals surface area contributed by atoms with Gasteiger partial charge in [-0.2, -0.15) is 13.2 Å². The van der Waals surface area contributed by atoms with Crippen LogP contribution in [-0.4, -0.2) is 14.1 Å². The second-order valence-electron chi connectivity index (χ2n) is 6.28. The van der Waals surface area contributed by atoms with Crippen LogP contribution in [0, 0.1) is 0 Å². The van der Waals surface area contributed by atoms with Gasteiger partial charge in [-0.15, -0.1) is 0 Å². The van der Waals surface area contributed by atoms with Crippen molar-refractivity contribution in [3.8, 4) is 5.69 Å². The number of aryl methyl sites for hydroxylation is 1. The van der Waals surface area contributed by atoms with E-state index in [1.54, 1.807) is 37.4 Å². The highest BCUT2D eigenvalue weighted by molar-refractivity contribution is 5.89. The molecule has 2 aromatic heterocycles. The van der Waals surface area contributed by atoms with E-state index in [1.807, 2.05) is 0 Å². The Kier molecular flexibility index (Phi) is 4.06. The molecule has 0 unspecified atom stereocenters. The summed E-state index contributed by atoms with van der Waals surface area (Å²) in [5, 5.41) is 1.13. The van der Waals surface area contributed by atoms with Gasteiger partial charge in [0, 0.05) is 23.5 Å². The van der Waals surface area contributed by atoms with Crippen molar-refractivity contribution < 1.29 is 13.2 Å². The number of hydrogen-bond donors (Lipinski definition) is 0. The van der Waals surface area contributed by atoms with Crippen LogP contribution in [0.15, 0.2) is 64.4 Å². The molecule has 2 heterocycles. The fourth-order valence-corrected chi connectivity index (χ4v) is 3.35. The summed E-state index contributed by atoms with van der Waals surface area (Å²) in [5.41, 5.74) is -1.99. The minimum absolute atomic E-state index is 0.162. The molecule has 0 fully saturated rings. The van der Waals surface area contributed by atoms with Crippen molar-refractivity contribution in [2.75, 3.05) is 0 Å². The van der Waals surface area contributed by atoms with Gasteiger partial charge >= 0.3 is 11.9 Å². The Balaban J connectivity index is 2.17. The molecule has 2 aromatic carbocycles. The summed E-state index contributed by atoms with van der Waals surface area (Å²) in [6, 6.07) is 9.86. The number of hydrogen-bond acceptors (Lipinski definition) is 3. The van der Waals surface area contributed by atoms with Crippen molar-refractivity contribution in [1.82, 2.24) is 14.1 Å². The summed E-state index contributed by atoms with van der Waals surface area (Å²) >= 11 is 0. The van der Waals surface area contributed by atoms with Crippen LogP contribution >= 0.6 is 0 Å². The Hall–Kier alpha value is -3.42. The number of nitrogens with zero attached hydrogens (tertiary/aromatic N) is 3. The molecule has 0 amide bonds. The Morgan fingerprint density at radius 3 is 2.46 bits per heavy atom. The largest absolute Gasteiger partial charge is 0.416 e. The van der Waals surface area contributed by atoms with Crippen molar-refractivity contribution in [1.29, 1.82) is 0 Å². The zero-order chi connectivity index (χ0) is 20.1. The summed E-state index contributed by atoms with van der Waals surface area (Å²) in [6.45, 7) is 1.88. The number of rotatable bonds is 2. The standard InChI is InChI=1S/C20H14F3N3O2/c1-2-25-16-8-7-13(20(21,22)23)9-15(16)18(27)26(19(25)28)17-11-24-10-12-5-3-4-6-14(12)17/h3-11H,2H2,1H3. The fraction of sp³-hybridized carbons (Fsp3) is 0.150. The molecule has 4 rings (SSSR count). The van der Waals surface area contributed by atoms with Gasteiger partial charge in [0.25, 0.3) is 5.56 Å². The summed E-state index contributed by atoms with van der Waals surface area (Å²) in [5.74, 6) is 0. The van der Waals surface area contributed by atoms with Crippen molar-refractivity contribution in [2.45, 2.75) is 19.6 Å². The third kappa shape index (κ3) is 2.69. The third-order valence-corrected chi connectivity index (χ3v) is 4.67. The van der Waals surface area contributed by atoms with Gasteiger partial charge in [-0.3, -0.25) is 14.3 Å². The van der Waals surface area contributed by atoms with E-state index in [0.717, 1.165) is 22.8 Å². The van der Waals surface area contributed by atoms with Gasteiger partial charge < -0.3 is 0 Å². The van der Waals surface area contributed by atoms with E-state index in [2.05, 4.69) is 4.98 Å². The van der Waals surface area contributed by atoms with E-state index in [4.69, 9.17) is 0 Å². The van der Waals surface area contributed by atoms with E-state index in [-0.39, 0.29) is 23.1 Å². The SMILES string of the molecule is CCn1c(=O)n(-c2cncc3ccccc23)c(=O)c2cc(C(F)(F)F)ccc21. The van der Waals surface area contributed by atoms with E-state index < -0.39 is 23.0 Å². The second-order valence-corrected chi connectivity index (χ2v) is 6.28. The second kappa shape index (κ2) is 6.33. The predicted octanol–water partition coefficient (Wildman–Crippen LogP) is 3.74. The molecule has 0 aliphatic carbocycles. The van der Waals surface area contributed by atoms with E-state index in [9.17, 15) is 22.8 Å². The highest BCUT2D eigenvalue weighted by Crippen LogP contribution is 2.30. The molecule has 0 bridgehead atoms. The van der Waals surface area contributed by atoms with Crippen molar-refractivity contribution in [3.63, 3.8) is 0 Å². The highest BCUT2D eigenvalue weighted by atomic mass is 19.4. The van der Waals surface area contributed by atoms with Crippen LogP contribution in [0.3, 0.4) is 0 Å². The van der Waals surface area contributed by atoms with Crippen LogP contribution in [0.1, 0.15) is 12.5 Å². The van der Waals surface area contributed by atoms with Gasteiger partial charge in [-0.1, -0.05) is 24.3 Å². The van der Waals surface area contributed by atoms with Crippen LogP contribution in [-0.2, 0) is 12.7 Å². The molecule has 0 saturated heterocycles. The summed E-state index contributed by atoms with van der Waals surface area (Å²) in [6.07, 6.45) is -1.64. The number of alkyl halides is 3. The Morgan fingerprint density at radius 2 is 1.75 bits per heavy atom. The van der Waals surface area contributed by atoms with Crippen LogP contribution in [0.25, 0.3) is 27.4 Å². The molecule has 5 nitrogen and oxygen atoms in total. The van der Waals surface area contributed by atoms with Crippen LogP contribution in [0.4, 0.5) is 13.2 Å². The van der Waals surface area contributed by atoms with Gasteiger partial charge in [-0.25, -0.2) is 9.36 Å². The van der Waals surface area contributed by atoms with Gasteiger partial charge in [0.15, 0.2) is 0 Å². The van der Waals surface area contributed by atoms with Gasteiger partial charge in [-0.05, 0) is 25.1 Å². The Labute approximate surface area is 156 Å². The van der Waals surface area contributed by atoms with E-state index in [0.29, 0.717) is 10.8 Å². The summed E-state index contributed by atoms with van der Waals surface area (Å²) in [4.78, 5) is 30.2. The lowest BCUT2D eigenvalue weighted by atomic mass is 10.1. The average Bonchev–Trinajstić information content (AvgIpc) is 2.67. The lowest BCUT2D eigenvalue weighted by Crippen LogP contribution is -2.39. The first-order valence-corrected chi connectivity index (χ1v) is 8.53. The minimum atomic E-state index is -4.60. The van der Waals surface area contributed by atoms with Crippen molar-refractivity contribution in [3.05, 3.63) is 81.3 Å². The molecule has 4 aromatic rings. The maximum Gasteiger partial charge on any atom is 0.416 e. The molecule has 0 atom stereocenters. The zero-order valence-corrected chi connectivity index (χ0v) is 14.7. The van der Waals surface area contributed by atoms with Crippen molar-refractivity contribution >= 4 is 21.7 Å². The molecular weight excluding hydrogens is 371 g/mol. The number of aromatic nitrogens is 3. The first-order chi connectivity index (χ1) is 13.3. The molecule has 0 aliphatic heterocycles. The number of halogens is 3. The normalized spacial score (nSPS) is 12.0. The maximum atomic E-state index is 13.2. The molecule has 8 heteroatoms. The number of benzene rings is 2. The van der Waals surface area contributed by atoms with Gasteiger partial charge in [0.2, 0.25) is 0 Å². The van der Waals surface area contributed by atoms with Crippen molar-refractivity contribution in [2.24, 2.45) is 0 Å². The Bertz CT molecular complexity index is 1330. The van der Waals surface area contributed by atoms with E-state index in [1.165, 1.54) is 10.8 Å². The highest BCUT2D eigenvalue weighted by Gasteiger charge is 2.31. The zero-order valence-electron chi connectivity index (χ0n) is 14.7. The molecule has 0 spiro atoms. The first-order valence-electron chi connectivity index (χ1n) is 8.53. The maximum absolute atomic E-state index is 13.2. The van der Waals surface area contributed by atoms with Crippen LogP contribution in [0.2, 0.25) is 0 Å². The lowest BCUT2D eigenvalue weighted by molar-refractivity contribution is -0.137. The minimum Gasteiger partial charge on any atom is -0.293 e. The van der Waals surface area contributed by atoms with E-state index >= 15 is 0 Å². The number of fused-ring (bicyclic) bond motifs is 2. The molecule has 0 saturated carbocycles. The Morgan fingerprint density at radius 1 is 1.00 bits per heavy atom. The fourth-order valence-electron chi connectivity index (χ4n) is 3.35. The monoisotopic (exact) mass is 385 g/mol.